The first-order chi connectivity index (χ1) is 10.8. The van der Waals surface area contributed by atoms with Crippen LogP contribution < -0.4 is 5.56 Å². The number of rotatable bonds is 1. The molecule has 7 heteroatoms. The van der Waals surface area contributed by atoms with Crippen molar-refractivity contribution in [2.45, 2.75) is 46.1 Å². The van der Waals surface area contributed by atoms with Crippen LogP contribution in [0.15, 0.2) is 11.0 Å². The number of H-pyrrole nitrogens is 2. The second kappa shape index (κ2) is 5.33. The zero-order chi connectivity index (χ0) is 16.8. The highest BCUT2D eigenvalue weighted by atomic mass is 16.2. The highest BCUT2D eigenvalue weighted by molar-refractivity contribution is 5.95. The number of aryl methyl sites for hydroxylation is 1. The first kappa shape index (κ1) is 15.5. The maximum atomic E-state index is 12.8. The molecule has 23 heavy (non-hydrogen) atoms. The molecule has 0 spiro atoms. The van der Waals surface area contributed by atoms with Crippen LogP contribution in [-0.2, 0) is 18.4 Å². The van der Waals surface area contributed by atoms with E-state index in [1.165, 1.54) is 0 Å². The average Bonchev–Trinajstić information content (AvgIpc) is 2.92. The van der Waals surface area contributed by atoms with Crippen molar-refractivity contribution in [1.82, 2.24) is 25.1 Å². The molecule has 0 unspecified atom stereocenters. The lowest BCUT2D eigenvalue weighted by molar-refractivity contribution is 0.0731. The standard InChI is InChI=1S/C16H21N5O2/c1-9-12(13(22)19-15(18-9)16(2,3)4)14(23)21-6-5-11-10(8-21)7-17-20-11/h7H,5-6,8H2,1-4H3,(H,17,20)(H,18,19,22). The van der Waals surface area contributed by atoms with Crippen LogP contribution in [0, 0.1) is 6.92 Å². The zero-order valence-corrected chi connectivity index (χ0v) is 13.9. The molecule has 0 radical (unpaired) electrons. The number of amides is 1. The van der Waals surface area contributed by atoms with Gasteiger partial charge in [-0.3, -0.25) is 14.7 Å². The lowest BCUT2D eigenvalue weighted by Gasteiger charge is -2.27. The Morgan fingerprint density at radius 3 is 2.74 bits per heavy atom. The van der Waals surface area contributed by atoms with Crippen LogP contribution in [0.1, 0.15) is 53.9 Å². The smallest absolute Gasteiger partial charge is 0.264 e. The first-order valence-electron chi connectivity index (χ1n) is 7.69. The summed E-state index contributed by atoms with van der Waals surface area (Å²) in [5.41, 5.74) is 2.01. The van der Waals surface area contributed by atoms with Crippen molar-refractivity contribution >= 4 is 5.91 Å². The van der Waals surface area contributed by atoms with E-state index in [1.54, 1.807) is 18.0 Å². The lowest BCUT2D eigenvalue weighted by atomic mass is 9.95. The Balaban J connectivity index is 1.93. The molecule has 2 aromatic rings. The van der Waals surface area contributed by atoms with Gasteiger partial charge in [-0.05, 0) is 6.92 Å². The van der Waals surface area contributed by atoms with E-state index in [-0.39, 0.29) is 22.4 Å². The quantitative estimate of drug-likeness (QED) is 0.829. The van der Waals surface area contributed by atoms with E-state index in [2.05, 4.69) is 20.2 Å². The summed E-state index contributed by atoms with van der Waals surface area (Å²) in [6.45, 7) is 8.65. The van der Waals surface area contributed by atoms with Gasteiger partial charge in [0, 0.05) is 36.2 Å². The maximum absolute atomic E-state index is 12.8. The predicted molar refractivity (Wildman–Crippen MR) is 85.3 cm³/mol. The van der Waals surface area contributed by atoms with E-state index in [9.17, 15) is 9.59 Å². The van der Waals surface area contributed by atoms with Crippen molar-refractivity contribution in [3.05, 3.63) is 44.9 Å². The number of aromatic amines is 2. The number of nitrogens with one attached hydrogen (secondary N) is 2. The molecule has 2 N–H and O–H groups in total. The van der Waals surface area contributed by atoms with Gasteiger partial charge in [0.15, 0.2) is 0 Å². The summed E-state index contributed by atoms with van der Waals surface area (Å²) in [4.78, 5) is 34.1. The second-order valence-electron chi connectivity index (χ2n) is 6.98. The molecule has 1 amide bonds. The van der Waals surface area contributed by atoms with Crippen LogP contribution in [0.4, 0.5) is 0 Å². The van der Waals surface area contributed by atoms with E-state index in [4.69, 9.17) is 0 Å². The van der Waals surface area contributed by atoms with E-state index >= 15 is 0 Å². The summed E-state index contributed by atoms with van der Waals surface area (Å²) in [6.07, 6.45) is 2.44. The fourth-order valence-corrected chi connectivity index (χ4v) is 2.75. The van der Waals surface area contributed by atoms with Gasteiger partial charge in [-0.1, -0.05) is 20.8 Å². The molecule has 0 bridgehead atoms. The van der Waals surface area contributed by atoms with Gasteiger partial charge in [0.25, 0.3) is 11.5 Å². The summed E-state index contributed by atoms with van der Waals surface area (Å²) in [7, 11) is 0. The zero-order valence-electron chi connectivity index (χ0n) is 13.9. The average molecular weight is 315 g/mol. The molecule has 1 aliphatic rings. The molecule has 1 aliphatic heterocycles. The Morgan fingerprint density at radius 1 is 1.35 bits per heavy atom. The third-order valence-corrected chi connectivity index (χ3v) is 4.11. The molecule has 0 aliphatic carbocycles. The molecule has 2 aromatic heterocycles. The van der Waals surface area contributed by atoms with Gasteiger partial charge in [-0.25, -0.2) is 4.98 Å². The SMILES string of the molecule is Cc1nc(C(C)(C)C)[nH]c(=O)c1C(=O)N1CCc2[nH]ncc2C1. The van der Waals surface area contributed by atoms with Crippen LogP contribution in [0.5, 0.6) is 0 Å². The topological polar surface area (TPSA) is 94.7 Å². The summed E-state index contributed by atoms with van der Waals surface area (Å²) >= 11 is 0. The molecule has 0 saturated carbocycles. The van der Waals surface area contributed by atoms with E-state index in [0.29, 0.717) is 31.0 Å². The van der Waals surface area contributed by atoms with E-state index in [0.717, 1.165) is 11.3 Å². The van der Waals surface area contributed by atoms with Crippen molar-refractivity contribution in [2.75, 3.05) is 6.54 Å². The molecule has 0 saturated heterocycles. The minimum atomic E-state index is -0.370. The third kappa shape index (κ3) is 2.78. The summed E-state index contributed by atoms with van der Waals surface area (Å²) in [6, 6.07) is 0. The minimum Gasteiger partial charge on any atom is -0.334 e. The number of hydrogen-bond donors (Lipinski definition) is 2. The number of fused-ring (bicyclic) bond motifs is 1. The van der Waals surface area contributed by atoms with Crippen LogP contribution in [0.2, 0.25) is 0 Å². The highest BCUT2D eigenvalue weighted by Crippen LogP contribution is 2.20. The number of aromatic nitrogens is 4. The molecule has 0 fully saturated rings. The Kier molecular flexibility index (Phi) is 3.58. The van der Waals surface area contributed by atoms with Crippen LogP contribution in [0.3, 0.4) is 0 Å². The predicted octanol–water partition coefficient (Wildman–Crippen LogP) is 1.30. The van der Waals surface area contributed by atoms with Crippen molar-refractivity contribution in [1.29, 1.82) is 0 Å². The van der Waals surface area contributed by atoms with Gasteiger partial charge in [-0.15, -0.1) is 0 Å². The third-order valence-electron chi connectivity index (χ3n) is 4.11. The molecule has 7 nitrogen and oxygen atoms in total. The molecule has 0 atom stereocenters. The Labute approximate surface area is 134 Å². The Hall–Kier alpha value is -2.44. The number of hydrogen-bond acceptors (Lipinski definition) is 4. The minimum absolute atomic E-state index is 0.130. The van der Waals surface area contributed by atoms with Crippen molar-refractivity contribution < 1.29 is 4.79 Å². The van der Waals surface area contributed by atoms with Crippen LogP contribution in [0.25, 0.3) is 0 Å². The van der Waals surface area contributed by atoms with Crippen molar-refractivity contribution in [3.8, 4) is 0 Å². The largest absolute Gasteiger partial charge is 0.334 e. The fraction of sp³-hybridized carbons (Fsp3) is 0.500. The molecule has 122 valence electrons. The first-order valence-corrected chi connectivity index (χ1v) is 7.69. The molecule has 0 aromatic carbocycles. The normalized spacial score (nSPS) is 14.7. The van der Waals surface area contributed by atoms with Crippen molar-refractivity contribution in [3.63, 3.8) is 0 Å². The highest BCUT2D eigenvalue weighted by Gasteiger charge is 2.28. The van der Waals surface area contributed by atoms with E-state index in [1.807, 2.05) is 20.8 Å². The Bertz CT molecular complexity index is 813. The Morgan fingerprint density at radius 2 is 2.09 bits per heavy atom. The van der Waals surface area contributed by atoms with Gasteiger partial charge in [0.1, 0.15) is 11.4 Å². The lowest BCUT2D eigenvalue weighted by Crippen LogP contribution is -2.40. The molecular weight excluding hydrogens is 294 g/mol. The molecule has 3 heterocycles. The van der Waals surface area contributed by atoms with Gasteiger partial charge >= 0.3 is 0 Å². The van der Waals surface area contributed by atoms with Gasteiger partial charge < -0.3 is 9.88 Å². The fourth-order valence-electron chi connectivity index (χ4n) is 2.75. The number of carbonyl (C=O) groups is 1. The van der Waals surface area contributed by atoms with Gasteiger partial charge in [0.2, 0.25) is 0 Å². The van der Waals surface area contributed by atoms with Gasteiger partial charge in [-0.2, -0.15) is 5.10 Å². The number of carbonyl (C=O) groups excluding carboxylic acids is 1. The molecular formula is C16H21N5O2. The van der Waals surface area contributed by atoms with E-state index < -0.39 is 0 Å². The summed E-state index contributed by atoms with van der Waals surface area (Å²) < 4.78 is 0. The maximum Gasteiger partial charge on any atom is 0.264 e. The molecule has 3 rings (SSSR count). The van der Waals surface area contributed by atoms with Crippen LogP contribution >= 0.6 is 0 Å². The second-order valence-corrected chi connectivity index (χ2v) is 6.98. The number of nitrogens with zero attached hydrogens (tertiary/aromatic N) is 3. The van der Waals surface area contributed by atoms with Crippen molar-refractivity contribution in [2.24, 2.45) is 0 Å². The van der Waals surface area contributed by atoms with Crippen LogP contribution in [-0.4, -0.2) is 37.5 Å². The van der Waals surface area contributed by atoms with Gasteiger partial charge in [0.05, 0.1) is 11.9 Å². The summed E-state index contributed by atoms with van der Waals surface area (Å²) in [5.74, 6) is 0.316. The summed E-state index contributed by atoms with van der Waals surface area (Å²) in [5, 5.41) is 6.94. The monoisotopic (exact) mass is 315 g/mol.